The molecule has 0 bridgehead atoms. The molecule has 0 unspecified atom stereocenters. The van der Waals surface area contributed by atoms with Crippen LogP contribution in [0.4, 0.5) is 0 Å². The number of hydrogen-bond donors (Lipinski definition) is 1. The van der Waals surface area contributed by atoms with Crippen molar-refractivity contribution in [1.82, 2.24) is 4.90 Å². The summed E-state index contributed by atoms with van der Waals surface area (Å²) in [5.41, 5.74) is 5.96. The van der Waals surface area contributed by atoms with Crippen LogP contribution in [-0.2, 0) is 11.3 Å². The van der Waals surface area contributed by atoms with E-state index in [2.05, 4.69) is 0 Å². The van der Waals surface area contributed by atoms with Gasteiger partial charge in [0, 0.05) is 19.1 Å². The third kappa shape index (κ3) is 3.51. The van der Waals surface area contributed by atoms with Crippen LogP contribution in [0.1, 0.15) is 33.3 Å². The van der Waals surface area contributed by atoms with Crippen molar-refractivity contribution in [2.75, 3.05) is 14.2 Å². The van der Waals surface area contributed by atoms with Crippen LogP contribution in [0.3, 0.4) is 0 Å². The molecule has 0 aliphatic carbocycles. The van der Waals surface area contributed by atoms with Gasteiger partial charge in [-0.3, -0.25) is 4.79 Å². The lowest BCUT2D eigenvalue weighted by Crippen LogP contribution is -2.55. The third-order valence-corrected chi connectivity index (χ3v) is 4.05. The molecule has 0 atom stereocenters. The van der Waals surface area contributed by atoms with Gasteiger partial charge in [0.05, 0.1) is 12.5 Å². The van der Waals surface area contributed by atoms with E-state index >= 15 is 0 Å². The van der Waals surface area contributed by atoms with E-state index in [1.165, 1.54) is 0 Å². The minimum atomic E-state index is -0.624. The number of rotatable bonds is 5. The monoisotopic (exact) mass is 278 g/mol. The highest BCUT2D eigenvalue weighted by Gasteiger charge is 2.41. The maximum absolute atomic E-state index is 12.6. The van der Waals surface area contributed by atoms with Crippen molar-refractivity contribution in [3.8, 4) is 5.75 Å². The minimum absolute atomic E-state index is 0.0350. The summed E-state index contributed by atoms with van der Waals surface area (Å²) in [5.74, 6) is 0.828. The summed E-state index contributed by atoms with van der Waals surface area (Å²) >= 11 is 0. The Kier molecular flexibility index (Phi) is 4.81. The molecule has 0 aliphatic heterocycles. The Morgan fingerprint density at radius 1 is 1.30 bits per heavy atom. The van der Waals surface area contributed by atoms with Gasteiger partial charge in [-0.25, -0.2) is 0 Å². The second kappa shape index (κ2) is 5.83. The van der Waals surface area contributed by atoms with Crippen LogP contribution in [0.25, 0.3) is 0 Å². The van der Waals surface area contributed by atoms with E-state index in [9.17, 15) is 4.79 Å². The molecule has 0 heterocycles. The van der Waals surface area contributed by atoms with Gasteiger partial charge in [-0.05, 0) is 45.4 Å². The Bertz CT molecular complexity index is 476. The van der Waals surface area contributed by atoms with Gasteiger partial charge >= 0.3 is 0 Å². The van der Waals surface area contributed by atoms with Crippen LogP contribution in [-0.4, -0.2) is 30.5 Å². The van der Waals surface area contributed by atoms with Gasteiger partial charge in [-0.15, -0.1) is 0 Å². The maximum Gasteiger partial charge on any atom is 0.230 e. The van der Waals surface area contributed by atoms with Crippen LogP contribution in [0.5, 0.6) is 5.75 Å². The second-order valence-electron chi connectivity index (χ2n) is 6.36. The molecule has 1 amide bonds. The highest BCUT2D eigenvalue weighted by atomic mass is 16.5. The van der Waals surface area contributed by atoms with Crippen molar-refractivity contribution >= 4 is 5.91 Å². The second-order valence-corrected chi connectivity index (χ2v) is 6.36. The number of amides is 1. The van der Waals surface area contributed by atoms with Crippen molar-refractivity contribution in [3.63, 3.8) is 0 Å². The van der Waals surface area contributed by atoms with Crippen LogP contribution in [0.15, 0.2) is 24.3 Å². The van der Waals surface area contributed by atoms with Crippen molar-refractivity contribution in [2.24, 2.45) is 11.1 Å². The largest absolute Gasteiger partial charge is 0.497 e. The normalized spacial score (nSPS) is 12.2. The Morgan fingerprint density at radius 2 is 1.90 bits per heavy atom. The van der Waals surface area contributed by atoms with E-state index < -0.39 is 11.0 Å². The summed E-state index contributed by atoms with van der Waals surface area (Å²) in [5, 5.41) is 0. The summed E-state index contributed by atoms with van der Waals surface area (Å²) < 4.78 is 5.19. The molecular weight excluding hydrogens is 252 g/mol. The summed E-state index contributed by atoms with van der Waals surface area (Å²) in [4.78, 5) is 14.3. The Hall–Kier alpha value is -1.55. The summed E-state index contributed by atoms with van der Waals surface area (Å²) in [6, 6.07) is 7.72. The Labute approximate surface area is 121 Å². The lowest BCUT2D eigenvalue weighted by Gasteiger charge is -2.39. The van der Waals surface area contributed by atoms with Crippen LogP contribution in [0, 0.1) is 5.41 Å². The molecule has 1 aromatic carbocycles. The first-order valence-corrected chi connectivity index (χ1v) is 6.77. The first kappa shape index (κ1) is 16.5. The molecule has 4 heteroatoms. The lowest BCUT2D eigenvalue weighted by molar-refractivity contribution is -0.142. The highest BCUT2D eigenvalue weighted by Crippen LogP contribution is 2.30. The molecule has 0 saturated carbocycles. The van der Waals surface area contributed by atoms with Gasteiger partial charge in [0.1, 0.15) is 5.75 Å². The van der Waals surface area contributed by atoms with E-state index in [0.29, 0.717) is 6.54 Å². The predicted molar refractivity (Wildman–Crippen MR) is 81.5 cm³/mol. The number of benzene rings is 1. The van der Waals surface area contributed by atoms with Crippen LogP contribution < -0.4 is 10.5 Å². The molecule has 0 aromatic heterocycles. The molecule has 20 heavy (non-hydrogen) atoms. The summed E-state index contributed by atoms with van der Waals surface area (Å²) in [6.07, 6.45) is 0. The van der Waals surface area contributed by atoms with Crippen molar-refractivity contribution in [1.29, 1.82) is 0 Å². The molecular formula is C16H26N2O2. The van der Waals surface area contributed by atoms with Gasteiger partial charge in [-0.2, -0.15) is 0 Å². The smallest absolute Gasteiger partial charge is 0.230 e. The molecule has 4 nitrogen and oxygen atoms in total. The number of hydrogen-bond acceptors (Lipinski definition) is 3. The molecule has 0 spiro atoms. The number of methoxy groups -OCH3 is 1. The summed E-state index contributed by atoms with van der Waals surface area (Å²) in [6.45, 7) is 8.07. The zero-order valence-electron chi connectivity index (χ0n) is 13.4. The number of carbonyl (C=O) groups is 1. The standard InChI is InChI=1S/C16H26N2O2/c1-15(2,16(3,4)17)14(19)18(5)11-12-8-7-9-13(10-12)20-6/h7-10H,11,17H2,1-6H3. The number of nitrogens with two attached hydrogens (primary N) is 1. The molecule has 0 aliphatic rings. The van der Waals surface area contributed by atoms with Gasteiger partial charge in [0.15, 0.2) is 0 Å². The van der Waals surface area contributed by atoms with Gasteiger partial charge in [0.25, 0.3) is 0 Å². The predicted octanol–water partition coefficient (Wildman–Crippen LogP) is 2.42. The van der Waals surface area contributed by atoms with Crippen LogP contribution in [0.2, 0.25) is 0 Å². The minimum Gasteiger partial charge on any atom is -0.497 e. The van der Waals surface area contributed by atoms with Crippen molar-refractivity contribution < 1.29 is 9.53 Å². The van der Waals surface area contributed by atoms with E-state index in [0.717, 1.165) is 11.3 Å². The quantitative estimate of drug-likeness (QED) is 0.900. The van der Waals surface area contributed by atoms with E-state index in [4.69, 9.17) is 10.5 Å². The highest BCUT2D eigenvalue weighted by molar-refractivity contribution is 5.83. The first-order valence-electron chi connectivity index (χ1n) is 6.77. The fraction of sp³-hybridized carbons (Fsp3) is 0.562. The number of nitrogens with zero attached hydrogens (tertiary/aromatic N) is 1. The zero-order valence-corrected chi connectivity index (χ0v) is 13.4. The van der Waals surface area contributed by atoms with Gasteiger partial charge in [0.2, 0.25) is 5.91 Å². The Morgan fingerprint density at radius 3 is 2.40 bits per heavy atom. The number of carbonyl (C=O) groups excluding carboxylic acids is 1. The van der Waals surface area contributed by atoms with Crippen LogP contribution >= 0.6 is 0 Å². The molecule has 0 radical (unpaired) electrons. The molecule has 1 rings (SSSR count). The van der Waals surface area contributed by atoms with E-state index in [1.54, 1.807) is 19.1 Å². The molecule has 0 fully saturated rings. The van der Waals surface area contributed by atoms with Gasteiger partial charge < -0.3 is 15.4 Å². The molecule has 1 aromatic rings. The maximum atomic E-state index is 12.6. The Balaban J connectivity index is 2.85. The topological polar surface area (TPSA) is 55.6 Å². The molecule has 112 valence electrons. The lowest BCUT2D eigenvalue weighted by atomic mass is 9.74. The van der Waals surface area contributed by atoms with E-state index in [1.807, 2.05) is 52.0 Å². The SMILES string of the molecule is COc1cccc(CN(C)C(=O)C(C)(C)C(C)(C)N)c1. The van der Waals surface area contributed by atoms with Crippen molar-refractivity contribution in [2.45, 2.75) is 39.8 Å². The average Bonchev–Trinajstić information content (AvgIpc) is 2.36. The first-order chi connectivity index (χ1) is 9.09. The van der Waals surface area contributed by atoms with Crippen molar-refractivity contribution in [3.05, 3.63) is 29.8 Å². The molecule has 2 N–H and O–H groups in total. The third-order valence-electron chi connectivity index (χ3n) is 4.05. The zero-order chi connectivity index (χ0) is 15.6. The number of ether oxygens (including phenoxy) is 1. The van der Waals surface area contributed by atoms with Gasteiger partial charge in [-0.1, -0.05) is 12.1 Å². The summed E-state index contributed by atoms with van der Waals surface area (Å²) in [7, 11) is 3.43. The van der Waals surface area contributed by atoms with E-state index in [-0.39, 0.29) is 5.91 Å². The molecule has 0 saturated heterocycles. The fourth-order valence-electron chi connectivity index (χ4n) is 1.87. The fourth-order valence-corrected chi connectivity index (χ4v) is 1.87. The average molecular weight is 278 g/mol.